The number of amides is 2. The normalized spacial score (nSPS) is 12.1. The van der Waals surface area contributed by atoms with E-state index >= 15 is 0 Å². The van der Waals surface area contributed by atoms with E-state index in [2.05, 4.69) is 20.8 Å². The van der Waals surface area contributed by atoms with Crippen molar-refractivity contribution in [3.63, 3.8) is 0 Å². The Hall–Kier alpha value is -4.64. The molecule has 4 aromatic carbocycles. The summed E-state index contributed by atoms with van der Waals surface area (Å²) in [5, 5.41) is 15.1. The van der Waals surface area contributed by atoms with E-state index in [1.54, 1.807) is 12.1 Å². The fraction of sp³-hybridized carbons (Fsp3) is 0.156. The van der Waals surface area contributed by atoms with Crippen LogP contribution in [0.3, 0.4) is 0 Å². The van der Waals surface area contributed by atoms with Crippen LogP contribution in [0.4, 0.5) is 28.0 Å². The van der Waals surface area contributed by atoms with Crippen molar-refractivity contribution in [3.8, 4) is 5.69 Å². The van der Waals surface area contributed by atoms with Crippen LogP contribution in [0.25, 0.3) is 5.69 Å². The van der Waals surface area contributed by atoms with Crippen molar-refractivity contribution < 1.29 is 22.4 Å². The van der Waals surface area contributed by atoms with E-state index in [-0.39, 0.29) is 11.5 Å². The summed E-state index contributed by atoms with van der Waals surface area (Å²) in [6, 6.07) is 26.5. The molecule has 0 spiro atoms. The third-order valence-corrected chi connectivity index (χ3v) is 7.60. The number of nitrogens with one attached hydrogen (secondary N) is 2. The highest BCUT2D eigenvalue weighted by molar-refractivity contribution is 7.98. The lowest BCUT2D eigenvalue weighted by atomic mass is 10.1. The molecule has 1 unspecified atom stereocenters. The zero-order chi connectivity index (χ0) is 30.4. The first kappa shape index (κ1) is 29.8. The van der Waals surface area contributed by atoms with Crippen LogP contribution in [-0.2, 0) is 18.3 Å². The van der Waals surface area contributed by atoms with Crippen LogP contribution in [0.1, 0.15) is 34.1 Å². The Kier molecular flexibility index (Phi) is 9.10. The average molecular weight is 606 g/mol. The first-order valence-corrected chi connectivity index (χ1v) is 14.3. The predicted octanol–water partition coefficient (Wildman–Crippen LogP) is 8.13. The number of aryl methyl sites for hydroxylation is 1. The first-order chi connectivity index (χ1) is 20.7. The van der Waals surface area contributed by atoms with Gasteiger partial charge in [-0.2, -0.15) is 13.2 Å². The molecule has 0 bridgehead atoms. The SMILES string of the molecule is Cc1ccc(-n2c(SCc3ccc(F)cc3)nnc2C(Cc2ccccc2)NC(=O)Nc2ccc(C(F)(F)F)cc2)cc1. The third-order valence-electron chi connectivity index (χ3n) is 6.60. The lowest BCUT2D eigenvalue weighted by Crippen LogP contribution is -2.35. The third kappa shape index (κ3) is 7.81. The largest absolute Gasteiger partial charge is 0.416 e. The van der Waals surface area contributed by atoms with Gasteiger partial charge < -0.3 is 10.6 Å². The van der Waals surface area contributed by atoms with Crippen LogP contribution in [0, 0.1) is 12.7 Å². The standard InChI is InChI=1S/C32H27F4N5OS/c1-21-7-17-27(18-8-21)41-29(39-40-31(41)43-20-23-9-13-25(33)14-10-23)28(19-22-5-3-2-4-6-22)38-30(42)37-26-15-11-24(12-16-26)32(34,35)36/h2-18,28H,19-20H2,1H3,(H2,37,38,42). The Morgan fingerprint density at radius 3 is 2.19 bits per heavy atom. The number of urea groups is 1. The zero-order valence-electron chi connectivity index (χ0n) is 23.0. The Bertz CT molecular complexity index is 1660. The number of alkyl halides is 3. The monoisotopic (exact) mass is 605 g/mol. The van der Waals surface area contributed by atoms with E-state index in [4.69, 9.17) is 0 Å². The van der Waals surface area contributed by atoms with Gasteiger partial charge in [0.1, 0.15) is 5.82 Å². The number of carbonyl (C=O) groups is 1. The van der Waals surface area contributed by atoms with Gasteiger partial charge in [-0.1, -0.05) is 71.9 Å². The average Bonchev–Trinajstić information content (AvgIpc) is 3.41. The zero-order valence-corrected chi connectivity index (χ0v) is 23.8. The summed E-state index contributed by atoms with van der Waals surface area (Å²) >= 11 is 1.42. The van der Waals surface area contributed by atoms with E-state index < -0.39 is 23.8 Å². The highest BCUT2D eigenvalue weighted by Crippen LogP contribution is 2.31. The van der Waals surface area contributed by atoms with Crippen molar-refractivity contribution in [2.45, 2.75) is 36.5 Å². The van der Waals surface area contributed by atoms with Crippen LogP contribution in [0.15, 0.2) is 108 Å². The van der Waals surface area contributed by atoms with Crippen LogP contribution in [0.5, 0.6) is 0 Å². The molecule has 0 aliphatic heterocycles. The van der Waals surface area contributed by atoms with E-state index in [0.29, 0.717) is 23.2 Å². The number of anilines is 1. The Balaban J connectivity index is 1.46. The minimum Gasteiger partial charge on any atom is -0.327 e. The second-order valence-corrected chi connectivity index (χ2v) is 10.8. The minimum absolute atomic E-state index is 0.208. The number of aromatic nitrogens is 3. The van der Waals surface area contributed by atoms with Crippen molar-refractivity contribution in [2.24, 2.45) is 0 Å². The second kappa shape index (κ2) is 13.1. The summed E-state index contributed by atoms with van der Waals surface area (Å²) in [5.41, 5.74) is 3.09. The number of hydrogen-bond donors (Lipinski definition) is 2. The molecule has 1 heterocycles. The quantitative estimate of drug-likeness (QED) is 0.131. The molecule has 6 nitrogen and oxygen atoms in total. The topological polar surface area (TPSA) is 71.8 Å². The molecule has 220 valence electrons. The summed E-state index contributed by atoms with van der Waals surface area (Å²) < 4.78 is 54.3. The molecule has 2 N–H and O–H groups in total. The summed E-state index contributed by atoms with van der Waals surface area (Å²) in [7, 11) is 0. The molecule has 0 saturated heterocycles. The van der Waals surface area contributed by atoms with Gasteiger partial charge in [0.15, 0.2) is 11.0 Å². The van der Waals surface area contributed by atoms with Crippen LogP contribution in [0.2, 0.25) is 0 Å². The fourth-order valence-electron chi connectivity index (χ4n) is 4.39. The van der Waals surface area contributed by atoms with Crippen molar-refractivity contribution >= 4 is 23.5 Å². The maximum Gasteiger partial charge on any atom is 0.416 e. The van der Waals surface area contributed by atoms with Gasteiger partial charge in [0.25, 0.3) is 0 Å². The molecule has 0 radical (unpaired) electrons. The Labute approximate surface area is 250 Å². The van der Waals surface area contributed by atoms with Crippen LogP contribution >= 0.6 is 11.8 Å². The molecule has 1 atom stereocenters. The molecule has 0 saturated carbocycles. The molecule has 0 fully saturated rings. The molecule has 11 heteroatoms. The molecule has 1 aromatic heterocycles. The summed E-state index contributed by atoms with van der Waals surface area (Å²) in [5.74, 6) is 0.662. The van der Waals surface area contributed by atoms with E-state index in [9.17, 15) is 22.4 Å². The van der Waals surface area contributed by atoms with Gasteiger partial charge in [-0.25, -0.2) is 9.18 Å². The second-order valence-electron chi connectivity index (χ2n) is 9.84. The molecule has 5 rings (SSSR count). The number of rotatable bonds is 9. The van der Waals surface area contributed by atoms with Gasteiger partial charge in [-0.3, -0.25) is 4.57 Å². The van der Waals surface area contributed by atoms with E-state index in [1.807, 2.05) is 66.1 Å². The highest BCUT2D eigenvalue weighted by atomic mass is 32.2. The van der Waals surface area contributed by atoms with Gasteiger partial charge in [-0.05, 0) is 66.6 Å². The number of halogens is 4. The summed E-state index contributed by atoms with van der Waals surface area (Å²) in [6.07, 6.45) is -4.11. The molecule has 2 amide bonds. The molecular weight excluding hydrogens is 578 g/mol. The molecule has 5 aromatic rings. The van der Waals surface area contributed by atoms with Crippen molar-refractivity contribution in [1.29, 1.82) is 0 Å². The maximum atomic E-state index is 13.4. The summed E-state index contributed by atoms with van der Waals surface area (Å²) in [6.45, 7) is 1.98. The predicted molar refractivity (Wildman–Crippen MR) is 159 cm³/mol. The Morgan fingerprint density at radius 2 is 1.53 bits per heavy atom. The Morgan fingerprint density at radius 1 is 0.860 bits per heavy atom. The lowest BCUT2D eigenvalue weighted by molar-refractivity contribution is -0.137. The van der Waals surface area contributed by atoms with Gasteiger partial charge in [0, 0.05) is 23.5 Å². The number of carbonyl (C=O) groups excluding carboxylic acids is 1. The summed E-state index contributed by atoms with van der Waals surface area (Å²) in [4.78, 5) is 13.2. The fourth-order valence-corrected chi connectivity index (χ4v) is 5.30. The van der Waals surface area contributed by atoms with Gasteiger partial charge in [0.05, 0.1) is 11.6 Å². The molecule has 0 aliphatic carbocycles. The molecular formula is C32H27F4N5OS. The van der Waals surface area contributed by atoms with Crippen molar-refractivity contribution in [3.05, 3.63) is 137 Å². The minimum atomic E-state index is -4.48. The number of benzene rings is 4. The smallest absolute Gasteiger partial charge is 0.327 e. The van der Waals surface area contributed by atoms with Gasteiger partial charge >= 0.3 is 12.2 Å². The maximum absolute atomic E-state index is 13.4. The van der Waals surface area contributed by atoms with E-state index in [0.717, 1.165) is 34.5 Å². The van der Waals surface area contributed by atoms with Crippen LogP contribution < -0.4 is 10.6 Å². The molecule has 0 aliphatic rings. The highest BCUT2D eigenvalue weighted by Gasteiger charge is 2.30. The number of hydrogen-bond acceptors (Lipinski definition) is 4. The van der Waals surface area contributed by atoms with Crippen molar-refractivity contribution in [1.82, 2.24) is 20.1 Å². The van der Waals surface area contributed by atoms with Gasteiger partial charge in [0.2, 0.25) is 0 Å². The van der Waals surface area contributed by atoms with E-state index in [1.165, 1.54) is 36.0 Å². The van der Waals surface area contributed by atoms with Crippen LogP contribution in [-0.4, -0.2) is 20.8 Å². The van der Waals surface area contributed by atoms with Gasteiger partial charge in [-0.15, -0.1) is 10.2 Å². The van der Waals surface area contributed by atoms with Crippen molar-refractivity contribution in [2.75, 3.05) is 5.32 Å². The lowest BCUT2D eigenvalue weighted by Gasteiger charge is -2.21. The number of nitrogens with zero attached hydrogens (tertiary/aromatic N) is 3. The number of thioether (sulfide) groups is 1. The molecule has 43 heavy (non-hydrogen) atoms. The first-order valence-electron chi connectivity index (χ1n) is 13.3.